The van der Waals surface area contributed by atoms with Gasteiger partial charge >= 0.3 is 5.51 Å². The molecule has 0 radical (unpaired) electrons. The first-order valence-corrected chi connectivity index (χ1v) is 4.98. The molecule has 0 aromatic carbocycles. The van der Waals surface area contributed by atoms with Crippen molar-refractivity contribution in [3.8, 4) is 0 Å². The second-order valence-corrected chi connectivity index (χ2v) is 4.10. The van der Waals surface area contributed by atoms with E-state index in [4.69, 9.17) is 0 Å². The zero-order valence-corrected chi connectivity index (χ0v) is 7.47. The molecule has 0 atom stereocenters. The smallest absolute Gasteiger partial charge is 0.316 e. The zero-order valence-electron chi connectivity index (χ0n) is 6.66. The van der Waals surface area contributed by atoms with Gasteiger partial charge in [-0.1, -0.05) is 0 Å². The van der Waals surface area contributed by atoms with Gasteiger partial charge in [0.05, 0.1) is 0 Å². The molecule has 1 rings (SSSR count). The molecular weight excluding hydrogens is 187 g/mol. The second-order valence-electron chi connectivity index (χ2n) is 2.94. The molecule has 1 nitrogen and oxygen atoms in total. The summed E-state index contributed by atoms with van der Waals surface area (Å²) in [5.74, 6) is 0.858. The first-order chi connectivity index (χ1) is 5.58. The lowest BCUT2D eigenvalue weighted by Gasteiger charge is -2.05. The fourth-order valence-electron chi connectivity index (χ4n) is 0.867. The monoisotopic (exact) mass is 199 g/mol. The van der Waals surface area contributed by atoms with Gasteiger partial charge in [0, 0.05) is 12.3 Å². The van der Waals surface area contributed by atoms with Crippen molar-refractivity contribution < 1.29 is 13.2 Å². The number of halogens is 3. The van der Waals surface area contributed by atoms with Crippen molar-refractivity contribution in [3.05, 3.63) is 0 Å². The summed E-state index contributed by atoms with van der Waals surface area (Å²) in [7, 11) is 0. The minimum Gasteiger partial charge on any atom is -0.316 e. The van der Waals surface area contributed by atoms with Crippen molar-refractivity contribution in [1.29, 1.82) is 0 Å². The summed E-state index contributed by atoms with van der Waals surface area (Å²) in [5.41, 5.74) is -4.07. The summed E-state index contributed by atoms with van der Waals surface area (Å²) in [4.78, 5) is 0. The van der Waals surface area contributed by atoms with E-state index in [1.807, 2.05) is 0 Å². The second kappa shape index (κ2) is 4.37. The highest BCUT2D eigenvalue weighted by Gasteiger charge is 2.27. The highest BCUT2D eigenvalue weighted by atomic mass is 32.2. The van der Waals surface area contributed by atoms with Crippen molar-refractivity contribution >= 4 is 11.8 Å². The van der Waals surface area contributed by atoms with E-state index in [1.165, 1.54) is 12.8 Å². The maximum absolute atomic E-state index is 11.6. The molecule has 0 saturated heterocycles. The van der Waals surface area contributed by atoms with E-state index in [-0.39, 0.29) is 17.5 Å². The van der Waals surface area contributed by atoms with Crippen LogP contribution in [0, 0.1) is 5.92 Å². The molecule has 1 aliphatic rings. The van der Waals surface area contributed by atoms with Crippen molar-refractivity contribution in [3.63, 3.8) is 0 Å². The topological polar surface area (TPSA) is 12.0 Å². The average molecular weight is 199 g/mol. The van der Waals surface area contributed by atoms with Gasteiger partial charge in [0.1, 0.15) is 0 Å². The molecule has 0 unspecified atom stereocenters. The molecule has 12 heavy (non-hydrogen) atoms. The number of thioether (sulfide) groups is 1. The van der Waals surface area contributed by atoms with E-state index in [1.54, 1.807) is 0 Å². The predicted octanol–water partition coefficient (Wildman–Crippen LogP) is 2.24. The van der Waals surface area contributed by atoms with Gasteiger partial charge in [-0.15, -0.1) is 0 Å². The summed E-state index contributed by atoms with van der Waals surface area (Å²) in [6.07, 6.45) is 2.47. The Hall–Kier alpha value is 0.1000. The van der Waals surface area contributed by atoms with Crippen molar-refractivity contribution in [2.75, 3.05) is 18.8 Å². The molecule has 1 N–H and O–H groups in total. The third-order valence-electron chi connectivity index (χ3n) is 1.67. The number of hydrogen-bond donors (Lipinski definition) is 1. The molecule has 1 aliphatic carbocycles. The third kappa shape index (κ3) is 5.71. The predicted molar refractivity (Wildman–Crippen MR) is 44.1 cm³/mol. The third-order valence-corrected chi connectivity index (χ3v) is 2.41. The van der Waals surface area contributed by atoms with Crippen molar-refractivity contribution in [1.82, 2.24) is 5.32 Å². The molecule has 72 valence electrons. The van der Waals surface area contributed by atoms with Gasteiger partial charge in [0.15, 0.2) is 0 Å². The van der Waals surface area contributed by atoms with Crippen LogP contribution >= 0.6 is 11.8 Å². The Bertz CT molecular complexity index is 133. The summed E-state index contributed by atoms with van der Waals surface area (Å²) in [6.45, 7) is 1.35. The largest absolute Gasteiger partial charge is 0.441 e. The quantitative estimate of drug-likeness (QED) is 0.681. The Labute approximate surface area is 74.1 Å². The summed E-state index contributed by atoms with van der Waals surface area (Å²) >= 11 is 0.0431. The molecular formula is C7H12F3NS. The van der Waals surface area contributed by atoms with Crippen molar-refractivity contribution in [2.45, 2.75) is 18.3 Å². The Morgan fingerprint density at radius 1 is 1.33 bits per heavy atom. The summed E-state index contributed by atoms with van der Waals surface area (Å²) in [6, 6.07) is 0. The van der Waals surface area contributed by atoms with Crippen LogP contribution in [0.4, 0.5) is 13.2 Å². The molecule has 1 fully saturated rings. The van der Waals surface area contributed by atoms with Gasteiger partial charge < -0.3 is 5.32 Å². The van der Waals surface area contributed by atoms with Crippen LogP contribution in [0.15, 0.2) is 0 Å². The summed E-state index contributed by atoms with van der Waals surface area (Å²) < 4.78 is 34.8. The van der Waals surface area contributed by atoms with E-state index in [2.05, 4.69) is 5.32 Å². The van der Waals surface area contributed by atoms with Gasteiger partial charge in [-0.05, 0) is 37.1 Å². The van der Waals surface area contributed by atoms with Crippen LogP contribution < -0.4 is 5.32 Å². The van der Waals surface area contributed by atoms with Crippen LogP contribution in [0.25, 0.3) is 0 Å². The fourth-order valence-corrected chi connectivity index (χ4v) is 1.34. The zero-order chi connectivity index (χ0) is 9.03. The van der Waals surface area contributed by atoms with Gasteiger partial charge in [-0.3, -0.25) is 0 Å². The van der Waals surface area contributed by atoms with Gasteiger partial charge in [-0.2, -0.15) is 13.2 Å². The van der Waals surface area contributed by atoms with E-state index < -0.39 is 5.51 Å². The highest BCUT2D eigenvalue weighted by molar-refractivity contribution is 8.00. The number of alkyl halides is 3. The molecule has 0 aromatic rings. The summed E-state index contributed by atoms with van der Waals surface area (Å²) in [5, 5.41) is 3.00. The van der Waals surface area contributed by atoms with Crippen LogP contribution in [0.3, 0.4) is 0 Å². The van der Waals surface area contributed by atoms with E-state index in [0.29, 0.717) is 6.54 Å². The van der Waals surface area contributed by atoms with Gasteiger partial charge in [0.25, 0.3) is 0 Å². The molecule has 1 saturated carbocycles. The Morgan fingerprint density at radius 2 is 2.00 bits per heavy atom. The van der Waals surface area contributed by atoms with Crippen LogP contribution in [0.5, 0.6) is 0 Å². The molecule has 5 heteroatoms. The van der Waals surface area contributed by atoms with Gasteiger partial charge in [0.2, 0.25) is 0 Å². The molecule has 0 amide bonds. The first-order valence-electron chi connectivity index (χ1n) is 3.99. The minimum absolute atomic E-state index is 0.0431. The van der Waals surface area contributed by atoms with E-state index >= 15 is 0 Å². The van der Waals surface area contributed by atoms with Crippen LogP contribution in [-0.2, 0) is 0 Å². The molecule has 0 spiro atoms. The average Bonchev–Trinajstić information content (AvgIpc) is 2.68. The van der Waals surface area contributed by atoms with Gasteiger partial charge in [-0.25, -0.2) is 0 Å². The first kappa shape index (κ1) is 10.2. The van der Waals surface area contributed by atoms with Crippen molar-refractivity contribution in [2.24, 2.45) is 5.92 Å². The minimum atomic E-state index is -4.07. The maximum atomic E-state index is 11.6. The molecule has 0 heterocycles. The Morgan fingerprint density at radius 3 is 2.50 bits per heavy atom. The van der Waals surface area contributed by atoms with Crippen LogP contribution in [-0.4, -0.2) is 24.4 Å². The SMILES string of the molecule is FC(F)(F)SCCNCC1CC1. The molecule has 0 aromatic heterocycles. The maximum Gasteiger partial charge on any atom is 0.441 e. The van der Waals surface area contributed by atoms with Crippen LogP contribution in [0.2, 0.25) is 0 Å². The normalized spacial score (nSPS) is 18.2. The van der Waals surface area contributed by atoms with E-state index in [0.717, 1.165) is 12.5 Å². The lowest BCUT2D eigenvalue weighted by Crippen LogP contribution is -2.21. The molecule has 0 aliphatic heterocycles. The number of nitrogens with one attached hydrogen (secondary N) is 1. The highest BCUT2D eigenvalue weighted by Crippen LogP contribution is 2.30. The van der Waals surface area contributed by atoms with E-state index in [9.17, 15) is 13.2 Å². The fraction of sp³-hybridized carbons (Fsp3) is 1.00. The Kier molecular flexibility index (Phi) is 3.71. The van der Waals surface area contributed by atoms with Crippen LogP contribution in [0.1, 0.15) is 12.8 Å². The number of hydrogen-bond acceptors (Lipinski definition) is 2. The lowest BCUT2D eigenvalue weighted by molar-refractivity contribution is -0.0327. The lowest BCUT2D eigenvalue weighted by atomic mass is 10.4. The molecule has 0 bridgehead atoms. The number of rotatable bonds is 5. The Balaban J connectivity index is 1.82. The standard InChI is InChI=1S/C7H12F3NS/c8-7(9,10)12-4-3-11-5-6-1-2-6/h6,11H,1-5H2.